The van der Waals surface area contributed by atoms with E-state index in [0.29, 0.717) is 24.5 Å². The van der Waals surface area contributed by atoms with E-state index in [-0.39, 0.29) is 5.75 Å². The zero-order chi connectivity index (χ0) is 12.8. The van der Waals surface area contributed by atoms with E-state index in [1.54, 1.807) is 6.08 Å². The van der Waals surface area contributed by atoms with Crippen LogP contribution in [0, 0.1) is 17.6 Å². The molecule has 0 aliphatic carbocycles. The summed E-state index contributed by atoms with van der Waals surface area (Å²) >= 11 is 0. The van der Waals surface area contributed by atoms with Crippen LogP contribution in [0.4, 0.5) is 8.78 Å². The Morgan fingerprint density at radius 2 is 1.88 bits per heavy atom. The molecule has 0 bridgehead atoms. The molecular weight excluding hydrogens is 222 g/mol. The van der Waals surface area contributed by atoms with Crippen LogP contribution in [0.5, 0.6) is 5.75 Å². The van der Waals surface area contributed by atoms with Gasteiger partial charge in [-0.15, -0.1) is 6.58 Å². The average Bonchev–Trinajstić information content (AvgIpc) is 2.22. The maximum absolute atomic E-state index is 13.6. The van der Waals surface area contributed by atoms with Crippen LogP contribution < -0.4 is 4.74 Å². The summed E-state index contributed by atoms with van der Waals surface area (Å²) in [7, 11) is 0. The van der Waals surface area contributed by atoms with Crippen molar-refractivity contribution in [1.82, 2.24) is 0 Å². The van der Waals surface area contributed by atoms with Gasteiger partial charge >= 0.3 is 0 Å². The van der Waals surface area contributed by atoms with Crippen molar-refractivity contribution in [3.63, 3.8) is 0 Å². The van der Waals surface area contributed by atoms with Gasteiger partial charge < -0.3 is 4.74 Å². The first-order valence-electron chi connectivity index (χ1n) is 5.76. The molecule has 94 valence electrons. The average molecular weight is 240 g/mol. The highest BCUT2D eigenvalue weighted by Gasteiger charge is 2.12. The van der Waals surface area contributed by atoms with Gasteiger partial charge in [-0.05, 0) is 36.5 Å². The van der Waals surface area contributed by atoms with E-state index in [9.17, 15) is 8.78 Å². The van der Waals surface area contributed by atoms with Crippen molar-refractivity contribution in [3.05, 3.63) is 42.0 Å². The number of halogens is 2. The molecule has 0 amide bonds. The Kier molecular flexibility index (Phi) is 5.13. The maximum atomic E-state index is 13.6. The number of hydrogen-bond donors (Lipinski definition) is 0. The third kappa shape index (κ3) is 4.17. The van der Waals surface area contributed by atoms with E-state index in [0.717, 1.165) is 6.42 Å². The molecule has 0 N–H and O–H groups in total. The molecule has 0 saturated heterocycles. The Balaban J connectivity index is 2.75. The van der Waals surface area contributed by atoms with Gasteiger partial charge in [0, 0.05) is 0 Å². The molecular formula is C14H18F2O. The van der Waals surface area contributed by atoms with Crippen molar-refractivity contribution in [2.75, 3.05) is 6.61 Å². The van der Waals surface area contributed by atoms with Crippen LogP contribution in [0.1, 0.15) is 25.8 Å². The monoisotopic (exact) mass is 240 g/mol. The van der Waals surface area contributed by atoms with E-state index in [2.05, 4.69) is 6.58 Å². The Morgan fingerprint density at radius 3 is 2.35 bits per heavy atom. The molecule has 0 aromatic heterocycles. The zero-order valence-corrected chi connectivity index (χ0v) is 10.3. The normalized spacial score (nSPS) is 10.6. The highest BCUT2D eigenvalue weighted by molar-refractivity contribution is 5.32. The molecule has 0 aliphatic heterocycles. The molecule has 1 aromatic carbocycles. The van der Waals surface area contributed by atoms with Crippen LogP contribution >= 0.6 is 0 Å². The van der Waals surface area contributed by atoms with Gasteiger partial charge in [0.05, 0.1) is 6.61 Å². The largest absolute Gasteiger partial charge is 0.488 e. The van der Waals surface area contributed by atoms with Crippen LogP contribution in [0.25, 0.3) is 0 Å². The Bertz CT molecular complexity index is 363. The van der Waals surface area contributed by atoms with E-state index < -0.39 is 11.6 Å². The SMILES string of the molecule is C=CCc1cc(F)c(OCCC(C)C)c(F)c1. The first-order valence-corrected chi connectivity index (χ1v) is 5.76. The van der Waals surface area contributed by atoms with E-state index in [4.69, 9.17) is 4.74 Å². The van der Waals surface area contributed by atoms with Crippen LogP contribution in [-0.2, 0) is 6.42 Å². The lowest BCUT2D eigenvalue weighted by Gasteiger charge is -2.10. The molecule has 1 nitrogen and oxygen atoms in total. The molecule has 1 aromatic rings. The number of allylic oxidation sites excluding steroid dienone is 1. The predicted octanol–water partition coefficient (Wildman–Crippen LogP) is 4.12. The quantitative estimate of drug-likeness (QED) is 0.680. The van der Waals surface area contributed by atoms with E-state index in [1.165, 1.54) is 12.1 Å². The first kappa shape index (κ1) is 13.7. The second kappa shape index (κ2) is 6.38. The highest BCUT2D eigenvalue weighted by atomic mass is 19.1. The summed E-state index contributed by atoms with van der Waals surface area (Å²) in [5.74, 6) is -1.13. The minimum absolute atomic E-state index is 0.279. The smallest absolute Gasteiger partial charge is 0.190 e. The number of rotatable bonds is 6. The van der Waals surface area contributed by atoms with Crippen molar-refractivity contribution < 1.29 is 13.5 Å². The van der Waals surface area contributed by atoms with Gasteiger partial charge in [0.15, 0.2) is 17.4 Å². The predicted molar refractivity (Wildman–Crippen MR) is 65.2 cm³/mol. The lowest BCUT2D eigenvalue weighted by Crippen LogP contribution is -2.05. The minimum Gasteiger partial charge on any atom is -0.488 e. The molecule has 0 atom stereocenters. The highest BCUT2D eigenvalue weighted by Crippen LogP contribution is 2.24. The number of benzene rings is 1. The van der Waals surface area contributed by atoms with Gasteiger partial charge in [-0.25, -0.2) is 8.78 Å². The lowest BCUT2D eigenvalue weighted by atomic mass is 10.1. The van der Waals surface area contributed by atoms with Crippen molar-refractivity contribution in [1.29, 1.82) is 0 Å². The van der Waals surface area contributed by atoms with Gasteiger partial charge in [0.2, 0.25) is 0 Å². The van der Waals surface area contributed by atoms with E-state index >= 15 is 0 Å². The van der Waals surface area contributed by atoms with Crippen molar-refractivity contribution in [2.45, 2.75) is 26.7 Å². The molecule has 17 heavy (non-hydrogen) atoms. The van der Waals surface area contributed by atoms with Gasteiger partial charge in [0.1, 0.15) is 0 Å². The third-order valence-corrected chi connectivity index (χ3v) is 2.38. The van der Waals surface area contributed by atoms with Crippen LogP contribution in [0.15, 0.2) is 24.8 Å². The summed E-state index contributed by atoms with van der Waals surface area (Å²) < 4.78 is 32.3. The molecule has 0 fully saturated rings. The zero-order valence-electron chi connectivity index (χ0n) is 10.3. The summed E-state index contributed by atoms with van der Waals surface area (Å²) in [6, 6.07) is 2.57. The second-order valence-electron chi connectivity index (χ2n) is 4.41. The molecule has 0 unspecified atom stereocenters. The minimum atomic E-state index is -0.648. The van der Waals surface area contributed by atoms with Crippen LogP contribution in [-0.4, -0.2) is 6.61 Å². The van der Waals surface area contributed by atoms with Crippen LogP contribution in [0.3, 0.4) is 0 Å². The summed E-state index contributed by atoms with van der Waals surface area (Å²) in [4.78, 5) is 0. The summed E-state index contributed by atoms with van der Waals surface area (Å²) in [6.45, 7) is 7.92. The number of ether oxygens (including phenoxy) is 1. The van der Waals surface area contributed by atoms with Gasteiger partial charge in [-0.1, -0.05) is 19.9 Å². The first-order chi connectivity index (χ1) is 8.04. The Hall–Kier alpha value is -1.38. The Labute approximate surface area is 101 Å². The molecule has 3 heteroatoms. The maximum Gasteiger partial charge on any atom is 0.190 e. The fraction of sp³-hybridized carbons (Fsp3) is 0.429. The van der Waals surface area contributed by atoms with Gasteiger partial charge in [-0.3, -0.25) is 0 Å². The topological polar surface area (TPSA) is 9.23 Å². The number of hydrogen-bond acceptors (Lipinski definition) is 1. The summed E-state index contributed by atoms with van der Waals surface area (Å²) in [5, 5.41) is 0. The third-order valence-electron chi connectivity index (χ3n) is 2.38. The summed E-state index contributed by atoms with van der Waals surface area (Å²) in [6.07, 6.45) is 2.82. The second-order valence-corrected chi connectivity index (χ2v) is 4.41. The van der Waals surface area contributed by atoms with Crippen molar-refractivity contribution in [2.24, 2.45) is 5.92 Å². The fourth-order valence-corrected chi connectivity index (χ4v) is 1.43. The molecule has 0 spiro atoms. The molecule has 0 heterocycles. The van der Waals surface area contributed by atoms with Gasteiger partial charge in [0.25, 0.3) is 0 Å². The molecule has 0 saturated carbocycles. The van der Waals surface area contributed by atoms with Crippen LogP contribution in [0.2, 0.25) is 0 Å². The summed E-state index contributed by atoms with van der Waals surface area (Å²) in [5.41, 5.74) is 0.561. The molecule has 0 radical (unpaired) electrons. The lowest BCUT2D eigenvalue weighted by molar-refractivity contribution is 0.263. The van der Waals surface area contributed by atoms with Crippen molar-refractivity contribution >= 4 is 0 Å². The van der Waals surface area contributed by atoms with E-state index in [1.807, 2.05) is 13.8 Å². The standard InChI is InChI=1S/C14H18F2O/c1-4-5-11-8-12(15)14(13(16)9-11)17-7-6-10(2)3/h4,8-10H,1,5-7H2,2-3H3. The molecule has 0 aliphatic rings. The molecule has 1 rings (SSSR count). The fourth-order valence-electron chi connectivity index (χ4n) is 1.43. The van der Waals surface area contributed by atoms with Crippen molar-refractivity contribution in [3.8, 4) is 5.75 Å². The Morgan fingerprint density at radius 1 is 1.29 bits per heavy atom. The van der Waals surface area contributed by atoms with Gasteiger partial charge in [-0.2, -0.15) is 0 Å².